The summed E-state index contributed by atoms with van der Waals surface area (Å²) >= 11 is 1.50. The number of hydrogen-bond acceptors (Lipinski definition) is 5. The SMILES string of the molecule is CC[C@H](C)CC(=O)N(C)[C@H](C[C@@H](OC(C)=O)c1nc(C)cs1)C(C)C. The lowest BCUT2D eigenvalue weighted by Gasteiger charge is -2.34. The third-order valence-corrected chi connectivity index (χ3v) is 5.61. The highest BCUT2D eigenvalue weighted by Gasteiger charge is 2.30. The summed E-state index contributed by atoms with van der Waals surface area (Å²) in [6.07, 6.45) is 1.68. The van der Waals surface area contributed by atoms with Gasteiger partial charge in [-0.25, -0.2) is 4.98 Å². The van der Waals surface area contributed by atoms with E-state index in [1.165, 1.54) is 18.3 Å². The van der Waals surface area contributed by atoms with Gasteiger partial charge in [0.1, 0.15) is 5.01 Å². The second-order valence-corrected chi connectivity index (χ2v) is 8.08. The maximum Gasteiger partial charge on any atom is 0.303 e. The van der Waals surface area contributed by atoms with E-state index in [0.717, 1.165) is 17.1 Å². The third kappa shape index (κ3) is 6.77. The van der Waals surface area contributed by atoms with Crippen molar-refractivity contribution in [2.75, 3.05) is 7.05 Å². The van der Waals surface area contributed by atoms with Crippen molar-refractivity contribution in [2.45, 2.75) is 73.0 Å². The molecular formula is C19H32N2O3S. The quantitative estimate of drug-likeness (QED) is 0.608. The lowest BCUT2D eigenvalue weighted by Crippen LogP contribution is -2.42. The summed E-state index contributed by atoms with van der Waals surface area (Å²) in [4.78, 5) is 30.5. The van der Waals surface area contributed by atoms with E-state index in [-0.39, 0.29) is 23.8 Å². The van der Waals surface area contributed by atoms with Gasteiger partial charge >= 0.3 is 5.97 Å². The van der Waals surface area contributed by atoms with E-state index in [1.807, 2.05) is 24.3 Å². The van der Waals surface area contributed by atoms with Gasteiger partial charge in [-0.3, -0.25) is 9.59 Å². The van der Waals surface area contributed by atoms with Crippen molar-refractivity contribution < 1.29 is 14.3 Å². The van der Waals surface area contributed by atoms with Gasteiger partial charge in [0.05, 0.1) is 0 Å². The van der Waals surface area contributed by atoms with Crippen LogP contribution in [0.2, 0.25) is 0 Å². The molecule has 1 heterocycles. The monoisotopic (exact) mass is 368 g/mol. The lowest BCUT2D eigenvalue weighted by atomic mass is 9.95. The number of rotatable bonds is 9. The maximum atomic E-state index is 12.6. The van der Waals surface area contributed by atoms with Crippen LogP contribution in [-0.4, -0.2) is 34.8 Å². The highest BCUT2D eigenvalue weighted by Crippen LogP contribution is 2.30. The molecule has 0 fully saturated rings. The Morgan fingerprint density at radius 3 is 2.40 bits per heavy atom. The van der Waals surface area contributed by atoms with E-state index in [9.17, 15) is 9.59 Å². The van der Waals surface area contributed by atoms with Crippen LogP contribution in [0.4, 0.5) is 0 Å². The number of hydrogen-bond donors (Lipinski definition) is 0. The summed E-state index contributed by atoms with van der Waals surface area (Å²) in [5.41, 5.74) is 0.916. The molecule has 0 bridgehead atoms. The number of thiazole rings is 1. The van der Waals surface area contributed by atoms with Crippen LogP contribution in [0.3, 0.4) is 0 Å². The zero-order valence-electron chi connectivity index (χ0n) is 16.5. The first kappa shape index (κ1) is 21.6. The Morgan fingerprint density at radius 1 is 1.32 bits per heavy atom. The minimum atomic E-state index is -0.414. The molecule has 0 aliphatic rings. The zero-order valence-corrected chi connectivity index (χ0v) is 17.4. The largest absolute Gasteiger partial charge is 0.455 e. The predicted molar refractivity (Wildman–Crippen MR) is 101 cm³/mol. The second-order valence-electron chi connectivity index (χ2n) is 7.19. The molecule has 0 N–H and O–H groups in total. The molecule has 5 nitrogen and oxygen atoms in total. The number of ether oxygens (including phenoxy) is 1. The Hall–Kier alpha value is -1.43. The highest BCUT2D eigenvalue weighted by molar-refractivity contribution is 7.09. The molecule has 3 atom stereocenters. The Kier molecular flexibility index (Phi) is 8.56. The van der Waals surface area contributed by atoms with E-state index < -0.39 is 6.10 Å². The molecule has 0 radical (unpaired) electrons. The summed E-state index contributed by atoms with van der Waals surface area (Å²) in [6, 6.07) is -0.00916. The van der Waals surface area contributed by atoms with Crippen LogP contribution in [0.1, 0.15) is 70.7 Å². The molecular weight excluding hydrogens is 336 g/mol. The fraction of sp³-hybridized carbons (Fsp3) is 0.737. The molecule has 0 aliphatic heterocycles. The number of carbonyl (C=O) groups excluding carboxylic acids is 2. The van der Waals surface area contributed by atoms with Gasteiger partial charge in [-0.1, -0.05) is 34.1 Å². The van der Waals surface area contributed by atoms with Crippen LogP contribution in [0.5, 0.6) is 0 Å². The predicted octanol–water partition coefficient (Wildman–Crippen LogP) is 4.37. The van der Waals surface area contributed by atoms with Gasteiger partial charge in [0, 0.05) is 43.9 Å². The van der Waals surface area contributed by atoms with Crippen LogP contribution in [0, 0.1) is 18.8 Å². The number of carbonyl (C=O) groups is 2. The number of aromatic nitrogens is 1. The average Bonchev–Trinajstić information content (AvgIpc) is 2.96. The Bertz CT molecular complexity index is 571. The molecule has 0 aromatic carbocycles. The highest BCUT2D eigenvalue weighted by atomic mass is 32.1. The number of amides is 1. The van der Waals surface area contributed by atoms with Crippen molar-refractivity contribution in [2.24, 2.45) is 11.8 Å². The average molecular weight is 369 g/mol. The molecule has 1 aromatic rings. The van der Waals surface area contributed by atoms with Gasteiger partial charge in [-0.2, -0.15) is 0 Å². The molecule has 1 aromatic heterocycles. The molecule has 142 valence electrons. The Balaban J connectivity index is 2.94. The lowest BCUT2D eigenvalue weighted by molar-refractivity contribution is -0.148. The molecule has 0 saturated carbocycles. The van der Waals surface area contributed by atoms with Gasteiger partial charge in [-0.05, 0) is 18.8 Å². The van der Waals surface area contributed by atoms with Crippen molar-refractivity contribution in [3.05, 3.63) is 16.1 Å². The van der Waals surface area contributed by atoms with Crippen LogP contribution in [0.15, 0.2) is 5.38 Å². The molecule has 1 rings (SSSR count). The summed E-state index contributed by atoms with van der Waals surface area (Å²) in [6.45, 7) is 11.7. The molecule has 6 heteroatoms. The van der Waals surface area contributed by atoms with E-state index in [4.69, 9.17) is 4.74 Å². The molecule has 0 unspecified atom stereocenters. The summed E-state index contributed by atoms with van der Waals surface area (Å²) in [5, 5.41) is 2.75. The van der Waals surface area contributed by atoms with Crippen molar-refractivity contribution in [1.29, 1.82) is 0 Å². The number of esters is 1. The van der Waals surface area contributed by atoms with Crippen molar-refractivity contribution >= 4 is 23.2 Å². The van der Waals surface area contributed by atoms with E-state index >= 15 is 0 Å². The zero-order chi connectivity index (χ0) is 19.1. The first-order chi connectivity index (χ1) is 11.6. The van der Waals surface area contributed by atoms with Crippen LogP contribution in [0.25, 0.3) is 0 Å². The summed E-state index contributed by atoms with van der Waals surface area (Å²) < 4.78 is 5.53. The second kappa shape index (κ2) is 9.90. The van der Waals surface area contributed by atoms with E-state index in [2.05, 4.69) is 32.7 Å². The smallest absolute Gasteiger partial charge is 0.303 e. The number of aryl methyl sites for hydroxylation is 1. The first-order valence-electron chi connectivity index (χ1n) is 9.00. The van der Waals surface area contributed by atoms with Gasteiger partial charge in [0.25, 0.3) is 0 Å². The van der Waals surface area contributed by atoms with Crippen LogP contribution >= 0.6 is 11.3 Å². The molecule has 1 amide bonds. The van der Waals surface area contributed by atoms with Gasteiger partial charge in [-0.15, -0.1) is 11.3 Å². The van der Waals surface area contributed by atoms with E-state index in [0.29, 0.717) is 18.8 Å². The Morgan fingerprint density at radius 2 is 1.96 bits per heavy atom. The topological polar surface area (TPSA) is 59.5 Å². The normalized spacial score (nSPS) is 14.9. The fourth-order valence-electron chi connectivity index (χ4n) is 2.79. The number of nitrogens with zero attached hydrogens (tertiary/aromatic N) is 2. The molecule has 0 saturated heterocycles. The summed E-state index contributed by atoms with van der Waals surface area (Å²) in [5.74, 6) is 0.442. The third-order valence-electron chi connectivity index (χ3n) is 4.56. The summed E-state index contributed by atoms with van der Waals surface area (Å²) in [7, 11) is 1.85. The van der Waals surface area contributed by atoms with Crippen LogP contribution in [-0.2, 0) is 14.3 Å². The van der Waals surface area contributed by atoms with Crippen molar-refractivity contribution in [3.63, 3.8) is 0 Å². The van der Waals surface area contributed by atoms with E-state index in [1.54, 1.807) is 0 Å². The van der Waals surface area contributed by atoms with Gasteiger partial charge < -0.3 is 9.64 Å². The van der Waals surface area contributed by atoms with Crippen LogP contribution < -0.4 is 0 Å². The Labute approximate surface area is 155 Å². The fourth-order valence-corrected chi connectivity index (χ4v) is 3.62. The maximum absolute atomic E-state index is 12.6. The van der Waals surface area contributed by atoms with Crippen molar-refractivity contribution in [1.82, 2.24) is 9.88 Å². The molecule has 25 heavy (non-hydrogen) atoms. The standard InChI is InChI=1S/C19H32N2O3S/c1-8-13(4)9-18(23)21(7)16(12(2)3)10-17(24-15(6)22)19-20-14(5)11-25-19/h11-13,16-17H,8-10H2,1-7H3/t13-,16+,17+/m0/s1. The first-order valence-corrected chi connectivity index (χ1v) is 9.88. The molecule has 0 aliphatic carbocycles. The van der Waals surface area contributed by atoms with Crippen molar-refractivity contribution in [3.8, 4) is 0 Å². The van der Waals surface area contributed by atoms with Gasteiger partial charge in [0.15, 0.2) is 6.10 Å². The minimum absolute atomic E-state index is 0.00916. The van der Waals surface area contributed by atoms with Gasteiger partial charge in [0.2, 0.25) is 5.91 Å². The minimum Gasteiger partial charge on any atom is -0.455 e. The molecule has 0 spiro atoms.